The van der Waals surface area contributed by atoms with Gasteiger partial charge in [-0.1, -0.05) is 24.6 Å². The molecule has 22 heavy (non-hydrogen) atoms. The number of likely N-dealkylation sites (tertiary alicyclic amines) is 2. The van der Waals surface area contributed by atoms with Gasteiger partial charge in [-0.3, -0.25) is 0 Å². The molecule has 2 fully saturated rings. The molecule has 2 aliphatic heterocycles. The number of para-hydroxylation sites is 1. The van der Waals surface area contributed by atoms with Gasteiger partial charge in [-0.05, 0) is 57.3 Å². The van der Waals surface area contributed by atoms with E-state index < -0.39 is 0 Å². The summed E-state index contributed by atoms with van der Waals surface area (Å²) in [6.45, 7) is 6.06. The molecule has 0 unspecified atom stereocenters. The average Bonchev–Trinajstić information content (AvgIpc) is 2.58. The Morgan fingerprint density at radius 2 is 1.73 bits per heavy atom. The van der Waals surface area contributed by atoms with Gasteiger partial charge in [0.15, 0.2) is 0 Å². The molecule has 3 rings (SSSR count). The first kappa shape index (κ1) is 15.3. The second-order valence-electron chi connectivity index (χ2n) is 6.45. The number of carbonyl (C=O) groups is 1. The van der Waals surface area contributed by atoms with Gasteiger partial charge in [0.25, 0.3) is 0 Å². The second-order valence-corrected chi connectivity index (χ2v) is 6.45. The van der Waals surface area contributed by atoms with E-state index in [4.69, 9.17) is 4.74 Å². The lowest BCUT2D eigenvalue weighted by Crippen LogP contribution is -2.48. The number of carbonyl (C=O) groups excluding carboxylic acids is 1. The zero-order chi connectivity index (χ0) is 15.4. The fourth-order valence-electron chi connectivity index (χ4n) is 3.53. The van der Waals surface area contributed by atoms with Crippen LogP contribution in [-0.4, -0.2) is 48.1 Å². The number of amides is 1. The highest BCUT2D eigenvalue weighted by Gasteiger charge is 2.28. The van der Waals surface area contributed by atoms with Crippen molar-refractivity contribution in [1.82, 2.24) is 9.80 Å². The van der Waals surface area contributed by atoms with Gasteiger partial charge < -0.3 is 14.5 Å². The maximum atomic E-state index is 12.3. The van der Waals surface area contributed by atoms with E-state index in [9.17, 15) is 4.79 Å². The normalized spacial score (nSPS) is 20.9. The SMILES string of the molecule is Cc1ccccc1OC(=O)N1CCC(N2CCCCC2)CC1. The number of piperidine rings is 2. The molecule has 0 saturated carbocycles. The number of rotatable bonds is 2. The summed E-state index contributed by atoms with van der Waals surface area (Å²) in [7, 11) is 0. The van der Waals surface area contributed by atoms with Crippen LogP contribution in [0.1, 0.15) is 37.7 Å². The van der Waals surface area contributed by atoms with Crippen LogP contribution >= 0.6 is 0 Å². The molecule has 2 heterocycles. The van der Waals surface area contributed by atoms with Crippen molar-refractivity contribution in [1.29, 1.82) is 0 Å². The van der Waals surface area contributed by atoms with Crippen LogP contribution < -0.4 is 4.74 Å². The van der Waals surface area contributed by atoms with Gasteiger partial charge in [0, 0.05) is 19.1 Å². The largest absolute Gasteiger partial charge is 0.415 e. The molecular weight excluding hydrogens is 276 g/mol. The van der Waals surface area contributed by atoms with Crippen molar-refractivity contribution in [3.8, 4) is 5.75 Å². The highest BCUT2D eigenvalue weighted by Crippen LogP contribution is 2.22. The van der Waals surface area contributed by atoms with Crippen LogP contribution in [0.15, 0.2) is 24.3 Å². The van der Waals surface area contributed by atoms with Crippen LogP contribution in [0, 0.1) is 6.92 Å². The summed E-state index contributed by atoms with van der Waals surface area (Å²) in [5, 5.41) is 0. The van der Waals surface area contributed by atoms with E-state index >= 15 is 0 Å². The number of hydrogen-bond donors (Lipinski definition) is 0. The second kappa shape index (κ2) is 7.14. The average molecular weight is 302 g/mol. The zero-order valence-electron chi connectivity index (χ0n) is 13.5. The molecule has 0 radical (unpaired) electrons. The molecule has 2 saturated heterocycles. The molecule has 2 aliphatic rings. The van der Waals surface area contributed by atoms with Gasteiger partial charge in [0.1, 0.15) is 5.75 Å². The Morgan fingerprint density at radius 1 is 1.05 bits per heavy atom. The first-order valence-corrected chi connectivity index (χ1v) is 8.50. The number of hydrogen-bond acceptors (Lipinski definition) is 3. The van der Waals surface area contributed by atoms with Crippen LogP contribution in [0.4, 0.5) is 4.79 Å². The summed E-state index contributed by atoms with van der Waals surface area (Å²) >= 11 is 0. The summed E-state index contributed by atoms with van der Waals surface area (Å²) in [5.41, 5.74) is 0.999. The van der Waals surface area contributed by atoms with Crippen LogP contribution in [0.5, 0.6) is 5.75 Å². The summed E-state index contributed by atoms with van der Waals surface area (Å²) in [4.78, 5) is 16.8. The molecular formula is C18H26N2O2. The lowest BCUT2D eigenvalue weighted by molar-refractivity contribution is 0.0877. The third-order valence-electron chi connectivity index (χ3n) is 4.92. The number of aryl methyl sites for hydroxylation is 1. The van der Waals surface area contributed by atoms with E-state index in [0.717, 1.165) is 31.5 Å². The lowest BCUT2D eigenvalue weighted by atomic mass is 10.0. The smallest absolute Gasteiger partial charge is 0.410 e. The Morgan fingerprint density at radius 3 is 2.41 bits per heavy atom. The molecule has 0 bridgehead atoms. The first-order chi connectivity index (χ1) is 10.7. The number of ether oxygens (including phenoxy) is 1. The molecule has 1 amide bonds. The van der Waals surface area contributed by atoms with Crippen molar-refractivity contribution in [2.45, 2.75) is 45.1 Å². The quantitative estimate of drug-likeness (QED) is 0.839. The third kappa shape index (κ3) is 3.61. The van der Waals surface area contributed by atoms with E-state index in [1.807, 2.05) is 36.1 Å². The van der Waals surface area contributed by atoms with Crippen LogP contribution in [0.2, 0.25) is 0 Å². The maximum absolute atomic E-state index is 12.3. The molecule has 0 spiro atoms. The highest BCUT2D eigenvalue weighted by molar-refractivity contribution is 5.71. The molecule has 0 aromatic heterocycles. The van der Waals surface area contributed by atoms with Gasteiger partial charge in [0.2, 0.25) is 0 Å². The van der Waals surface area contributed by atoms with Crippen molar-refractivity contribution in [3.63, 3.8) is 0 Å². The van der Waals surface area contributed by atoms with Gasteiger partial charge >= 0.3 is 6.09 Å². The van der Waals surface area contributed by atoms with E-state index in [2.05, 4.69) is 4.90 Å². The minimum atomic E-state index is -0.202. The van der Waals surface area contributed by atoms with E-state index in [1.165, 1.54) is 32.4 Å². The topological polar surface area (TPSA) is 32.8 Å². The molecule has 120 valence electrons. The molecule has 1 aromatic rings. The standard InChI is InChI=1S/C18H26N2O2/c1-15-7-3-4-8-17(15)22-18(21)20-13-9-16(10-14-20)19-11-5-2-6-12-19/h3-4,7-8,16H,2,5-6,9-14H2,1H3. The molecule has 0 aliphatic carbocycles. The molecule has 0 N–H and O–H groups in total. The van der Waals surface area contributed by atoms with E-state index in [-0.39, 0.29) is 6.09 Å². The molecule has 4 nitrogen and oxygen atoms in total. The van der Waals surface area contributed by atoms with Crippen LogP contribution in [0.25, 0.3) is 0 Å². The Balaban J connectivity index is 1.50. The highest BCUT2D eigenvalue weighted by atomic mass is 16.6. The Bertz CT molecular complexity index is 504. The predicted molar refractivity (Wildman–Crippen MR) is 87.2 cm³/mol. The van der Waals surface area contributed by atoms with Gasteiger partial charge in [-0.2, -0.15) is 0 Å². The maximum Gasteiger partial charge on any atom is 0.415 e. The number of benzene rings is 1. The predicted octanol–water partition coefficient (Wildman–Crippen LogP) is 3.44. The zero-order valence-corrected chi connectivity index (χ0v) is 13.5. The van der Waals surface area contributed by atoms with Crippen molar-refractivity contribution < 1.29 is 9.53 Å². The van der Waals surface area contributed by atoms with Crippen LogP contribution in [0.3, 0.4) is 0 Å². The van der Waals surface area contributed by atoms with E-state index in [0.29, 0.717) is 11.8 Å². The lowest BCUT2D eigenvalue weighted by Gasteiger charge is -2.39. The monoisotopic (exact) mass is 302 g/mol. The van der Waals surface area contributed by atoms with Crippen molar-refractivity contribution in [3.05, 3.63) is 29.8 Å². The summed E-state index contributed by atoms with van der Waals surface area (Å²) in [5.74, 6) is 0.672. The van der Waals surface area contributed by atoms with Gasteiger partial charge in [0.05, 0.1) is 0 Å². The third-order valence-corrected chi connectivity index (χ3v) is 4.92. The van der Waals surface area contributed by atoms with E-state index in [1.54, 1.807) is 0 Å². The summed E-state index contributed by atoms with van der Waals surface area (Å²) < 4.78 is 5.54. The Kier molecular flexibility index (Phi) is 4.98. The Labute approximate surface area is 133 Å². The van der Waals surface area contributed by atoms with Crippen molar-refractivity contribution >= 4 is 6.09 Å². The number of nitrogens with zero attached hydrogens (tertiary/aromatic N) is 2. The van der Waals surface area contributed by atoms with Crippen molar-refractivity contribution in [2.75, 3.05) is 26.2 Å². The minimum Gasteiger partial charge on any atom is -0.410 e. The minimum absolute atomic E-state index is 0.202. The Hall–Kier alpha value is -1.55. The van der Waals surface area contributed by atoms with Gasteiger partial charge in [-0.25, -0.2) is 4.79 Å². The summed E-state index contributed by atoms with van der Waals surface area (Å²) in [6.07, 6.45) is 5.97. The van der Waals surface area contributed by atoms with Crippen LogP contribution in [-0.2, 0) is 0 Å². The molecule has 0 atom stereocenters. The fourth-order valence-corrected chi connectivity index (χ4v) is 3.53. The van der Waals surface area contributed by atoms with Gasteiger partial charge in [-0.15, -0.1) is 0 Å². The summed E-state index contributed by atoms with van der Waals surface area (Å²) in [6, 6.07) is 8.33. The first-order valence-electron chi connectivity index (χ1n) is 8.50. The molecule has 1 aromatic carbocycles. The fraction of sp³-hybridized carbons (Fsp3) is 0.611. The van der Waals surface area contributed by atoms with Crippen molar-refractivity contribution in [2.24, 2.45) is 0 Å². The molecule has 4 heteroatoms.